The molecular weight excluding hydrogens is 1800 g/mol. The Morgan fingerprint density at radius 1 is 0.298 bits per heavy atom. The van der Waals surface area contributed by atoms with Crippen LogP contribution in [0.4, 0.5) is 0 Å². The van der Waals surface area contributed by atoms with Crippen LogP contribution in [0.1, 0.15) is 111 Å². The number of halogens is 5. The van der Waals surface area contributed by atoms with Gasteiger partial charge in [-0.25, -0.2) is 9.97 Å². The van der Waals surface area contributed by atoms with Gasteiger partial charge in [-0.15, -0.1) is 0 Å². The first kappa shape index (κ1) is 89.4. The van der Waals surface area contributed by atoms with Gasteiger partial charge in [0, 0.05) is 82.2 Å². The van der Waals surface area contributed by atoms with Gasteiger partial charge in [-0.2, -0.15) is 0 Å². The van der Waals surface area contributed by atoms with Crippen molar-refractivity contribution in [3.63, 3.8) is 0 Å². The summed E-state index contributed by atoms with van der Waals surface area (Å²) in [6.07, 6.45) is 13.8. The van der Waals surface area contributed by atoms with Crippen molar-refractivity contribution in [2.24, 2.45) is 0 Å². The van der Waals surface area contributed by atoms with Crippen LogP contribution in [0.25, 0.3) is 66.9 Å². The highest BCUT2D eigenvalue weighted by Gasteiger charge is 2.64. The largest absolute Gasteiger partial charge is 0.494 e. The topological polar surface area (TPSA) is 192 Å². The lowest BCUT2D eigenvalue weighted by Crippen LogP contribution is -2.41. The van der Waals surface area contributed by atoms with Gasteiger partial charge in [0.15, 0.2) is 0 Å². The molecule has 26 heteroatoms. The molecule has 16 rings (SSSR count). The van der Waals surface area contributed by atoms with E-state index in [4.69, 9.17) is 57.3 Å². The summed E-state index contributed by atoms with van der Waals surface area (Å²) in [7, 11) is -2.98. The minimum atomic E-state index is -1.38. The number of pyridine rings is 4. The zero-order valence-corrected chi connectivity index (χ0v) is 75.5. The molecule has 4 aliphatic rings. The number of benzene rings is 7. The molecule has 114 heavy (non-hydrogen) atoms. The number of aromatic nitrogens is 6. The minimum Gasteiger partial charge on any atom is -0.423 e. The van der Waals surface area contributed by atoms with Crippen LogP contribution >= 0.6 is 86.3 Å². The highest BCUT2D eigenvalue weighted by molar-refractivity contribution is 14.1. The van der Waals surface area contributed by atoms with E-state index in [1.54, 1.807) is 49.3 Å². The third-order valence-corrected chi connectivity index (χ3v) is 24.0. The van der Waals surface area contributed by atoms with Gasteiger partial charge in [-0.3, -0.25) is 19.9 Å². The molecule has 9 heterocycles. The SMILES string of the molecule is Brc1ccc(Br)c2nc(-c3ccccc3)c(-c3ccccc3)nc12.Brc1cccc(-c2ccncc2)c1.Brc1cccc(I)c1.CC1(C)OB(B2OC(C)(C)C(C)(C)O2)OC1(C)C.CC1(C)OB(c2cccc(-c3ccncc3)c2)OC1(C)C.CC1(C)OB(c2cccc(-c3ccncc3)c2)OC1(C)C.OB(O)c1ccncc1. The van der Waals surface area contributed by atoms with Crippen molar-refractivity contribution in [3.05, 3.63) is 289 Å². The second-order valence-electron chi connectivity index (χ2n) is 31.4. The maximum Gasteiger partial charge on any atom is 0.494 e. The second kappa shape index (κ2) is 38.6. The quantitative estimate of drug-likeness (QED) is 0.102. The molecule has 0 unspecified atom stereocenters. The predicted octanol–water partition coefficient (Wildman–Crippen LogP) is 20.2. The Morgan fingerprint density at radius 3 is 0.868 bits per heavy atom. The lowest BCUT2D eigenvalue weighted by Gasteiger charge is -2.32. The number of nitrogens with zero attached hydrogens (tertiary/aromatic N) is 6. The summed E-state index contributed by atoms with van der Waals surface area (Å²) < 4.78 is 53.6. The average Bonchev–Trinajstić information content (AvgIpc) is 1.60. The molecule has 0 atom stereocenters. The van der Waals surface area contributed by atoms with Crippen LogP contribution in [-0.4, -0.2) is 120 Å². The Bertz CT molecular complexity index is 4810. The number of fused-ring (bicyclic) bond motifs is 1. The summed E-state index contributed by atoms with van der Waals surface area (Å²) >= 11 is 16.3. The third kappa shape index (κ3) is 23.1. The number of hydrogen-bond acceptors (Lipinski definition) is 16. The molecular formula is C88H94B5Br4IN6O10. The van der Waals surface area contributed by atoms with E-state index in [1.807, 2.05) is 189 Å². The van der Waals surface area contributed by atoms with Crippen molar-refractivity contribution in [1.29, 1.82) is 0 Å². The predicted molar refractivity (Wildman–Crippen MR) is 487 cm³/mol. The van der Waals surface area contributed by atoms with E-state index in [-0.39, 0.29) is 59.0 Å². The molecule has 0 bridgehead atoms. The summed E-state index contributed by atoms with van der Waals surface area (Å²) in [5.74, 6) is 0. The average molecular weight is 1900 g/mol. The van der Waals surface area contributed by atoms with Crippen LogP contribution in [-0.2, 0) is 37.2 Å². The van der Waals surface area contributed by atoms with Gasteiger partial charge in [-0.05, 0) is 306 Å². The lowest BCUT2D eigenvalue weighted by atomic mass is 9.49. The van der Waals surface area contributed by atoms with Crippen molar-refractivity contribution in [1.82, 2.24) is 29.9 Å². The van der Waals surface area contributed by atoms with E-state index < -0.39 is 21.1 Å². The molecule has 0 amide bonds. The van der Waals surface area contributed by atoms with Gasteiger partial charge in [0.1, 0.15) is 11.0 Å². The standard InChI is InChI=1S/C20H12Br2N2.2C17H20BNO2.C12H24B2O4.C11H8BrN.C6H4BrI.C5H6BNO2/c21-15-11-12-16(22)20-19(15)23-17(13-7-3-1-4-8-13)18(24-20)14-9-5-2-6-10-14;2*1-16(2)17(3,4)21-18(20-16)15-7-5-6-14(12-15)13-8-10-19-11-9-13;1-9(2)10(3,4)16-13(15-9)14-17-11(5,6)12(7,8)18-14;12-11-3-1-2-10(8-11)9-4-6-13-7-5-9;7-5-2-1-3-6(8)4-5;8-6(9)5-1-3-7-4-2-5/h1-12H;2*5-12H,1-4H3;1-8H3;1-8H;1-4H;1-4,8-9H. The van der Waals surface area contributed by atoms with E-state index in [9.17, 15) is 0 Å². The summed E-state index contributed by atoms with van der Waals surface area (Å²) in [5.41, 5.74) is 12.4. The molecule has 4 saturated heterocycles. The van der Waals surface area contributed by atoms with Crippen molar-refractivity contribution in [2.75, 3.05) is 0 Å². The lowest BCUT2D eigenvalue weighted by molar-refractivity contribution is 0.00578. The van der Waals surface area contributed by atoms with Crippen LogP contribution in [0, 0.1) is 3.57 Å². The van der Waals surface area contributed by atoms with Crippen LogP contribution in [0.2, 0.25) is 0 Å². The normalized spacial score (nSPS) is 17.1. The molecule has 16 nitrogen and oxygen atoms in total. The second-order valence-corrected chi connectivity index (χ2v) is 36.2. The molecule has 0 radical (unpaired) electrons. The Morgan fingerprint density at radius 2 is 0.579 bits per heavy atom. The van der Waals surface area contributed by atoms with E-state index in [2.05, 4.69) is 234 Å². The Labute approximate surface area is 720 Å². The first-order valence-corrected chi connectivity index (χ1v) is 41.6. The van der Waals surface area contributed by atoms with E-state index in [1.165, 1.54) is 27.1 Å². The van der Waals surface area contributed by atoms with Crippen molar-refractivity contribution in [2.45, 2.75) is 156 Å². The zero-order chi connectivity index (χ0) is 82.4. The summed E-state index contributed by atoms with van der Waals surface area (Å²) in [4.78, 5) is 25.7. The summed E-state index contributed by atoms with van der Waals surface area (Å²) in [6, 6.07) is 72.4. The Kier molecular flexibility index (Phi) is 30.3. The van der Waals surface area contributed by atoms with E-state index in [0.29, 0.717) is 5.46 Å². The van der Waals surface area contributed by atoms with Gasteiger partial charge in [0.2, 0.25) is 0 Å². The summed E-state index contributed by atoms with van der Waals surface area (Å²) in [5, 5.41) is 17.1. The number of hydrogen-bond donors (Lipinski definition) is 2. The third-order valence-electron chi connectivity index (χ3n) is 21.1. The fourth-order valence-electron chi connectivity index (χ4n) is 11.7. The maximum atomic E-state index is 8.55. The molecule has 5 aromatic heterocycles. The smallest absolute Gasteiger partial charge is 0.423 e. The Balaban J connectivity index is 0.000000145. The van der Waals surface area contributed by atoms with E-state index >= 15 is 0 Å². The van der Waals surface area contributed by atoms with Crippen LogP contribution in [0.5, 0.6) is 0 Å². The minimum absolute atomic E-state index is 0.315. The molecule has 12 aromatic rings. The Hall–Kier alpha value is -6.95. The fraction of sp³-hybridized carbons (Fsp3) is 0.273. The molecule has 586 valence electrons. The van der Waals surface area contributed by atoms with Gasteiger partial charge < -0.3 is 47.3 Å². The zero-order valence-electron chi connectivity index (χ0n) is 67.0. The highest BCUT2D eigenvalue weighted by atomic mass is 127. The highest BCUT2D eigenvalue weighted by Crippen LogP contribution is 2.44. The van der Waals surface area contributed by atoms with Crippen LogP contribution in [0.3, 0.4) is 0 Å². The summed E-state index contributed by atoms with van der Waals surface area (Å²) in [6.45, 7) is 32.8. The van der Waals surface area contributed by atoms with Crippen molar-refractivity contribution >= 4 is 149 Å². The van der Waals surface area contributed by atoms with Gasteiger partial charge >= 0.3 is 35.4 Å². The maximum absolute atomic E-state index is 8.55. The molecule has 0 saturated carbocycles. The molecule has 0 spiro atoms. The fourth-order valence-corrected chi connectivity index (χ4v) is 14.2. The van der Waals surface area contributed by atoms with Crippen molar-refractivity contribution in [3.8, 4) is 55.9 Å². The van der Waals surface area contributed by atoms with Gasteiger partial charge in [-0.1, -0.05) is 159 Å². The number of rotatable bonds is 9. The molecule has 2 N–H and O–H groups in total. The first-order valence-electron chi connectivity index (χ1n) is 37.4. The van der Waals surface area contributed by atoms with Crippen LogP contribution in [0.15, 0.2) is 286 Å². The monoisotopic (exact) mass is 1890 g/mol. The molecule has 7 aromatic carbocycles. The van der Waals surface area contributed by atoms with E-state index in [0.717, 1.165) is 84.6 Å². The molecule has 4 aliphatic heterocycles. The van der Waals surface area contributed by atoms with Gasteiger partial charge in [0.25, 0.3) is 0 Å². The molecule has 4 fully saturated rings. The first-order chi connectivity index (χ1) is 53.8. The van der Waals surface area contributed by atoms with Gasteiger partial charge in [0.05, 0.1) is 56.2 Å². The van der Waals surface area contributed by atoms with Crippen LogP contribution < -0.4 is 16.4 Å². The van der Waals surface area contributed by atoms with Crippen molar-refractivity contribution < 1.29 is 47.3 Å². The molecule has 0 aliphatic carbocycles.